The molecule has 1 saturated heterocycles. The molecule has 116 valence electrons. The molecule has 1 heterocycles. The molecular formula is C16H22ClNO3. The highest BCUT2D eigenvalue weighted by Crippen LogP contribution is 2.26. The van der Waals surface area contributed by atoms with E-state index in [2.05, 4.69) is 0 Å². The zero-order valence-corrected chi connectivity index (χ0v) is 13.1. The average molecular weight is 312 g/mol. The van der Waals surface area contributed by atoms with Crippen LogP contribution in [0.4, 0.5) is 0 Å². The first kappa shape index (κ1) is 16.1. The summed E-state index contributed by atoms with van der Waals surface area (Å²) in [5, 5.41) is 9.45. The summed E-state index contributed by atoms with van der Waals surface area (Å²) >= 11 is 6.05. The van der Waals surface area contributed by atoms with Crippen molar-refractivity contribution in [2.24, 2.45) is 0 Å². The van der Waals surface area contributed by atoms with Gasteiger partial charge in [0.25, 0.3) is 5.91 Å². The van der Waals surface area contributed by atoms with E-state index in [-0.39, 0.29) is 18.6 Å². The van der Waals surface area contributed by atoms with Gasteiger partial charge in [0.2, 0.25) is 0 Å². The minimum Gasteiger partial charge on any atom is -0.479 e. The van der Waals surface area contributed by atoms with E-state index in [1.54, 1.807) is 19.1 Å². The standard InChI is InChI=1S/C16H22ClNO3/c1-12(21-15-9-3-2-8-14(15)17)16(20)18-10-4-6-13(18)7-5-11-19/h2-3,8-9,12-13,19H,4-7,10-11H2,1H3. The van der Waals surface area contributed by atoms with Crippen LogP contribution in [-0.2, 0) is 4.79 Å². The monoisotopic (exact) mass is 311 g/mol. The molecule has 0 aliphatic carbocycles. The Labute approximate surface area is 130 Å². The molecule has 2 rings (SSSR count). The van der Waals surface area contributed by atoms with Gasteiger partial charge in [-0.05, 0) is 44.7 Å². The molecule has 1 amide bonds. The first-order chi connectivity index (χ1) is 10.1. The number of para-hydroxylation sites is 1. The number of benzene rings is 1. The summed E-state index contributed by atoms with van der Waals surface area (Å²) in [5.41, 5.74) is 0. The SMILES string of the molecule is CC(Oc1ccccc1Cl)C(=O)N1CCCC1CCCO. The first-order valence-electron chi connectivity index (χ1n) is 7.46. The Balaban J connectivity index is 1.97. The molecule has 2 atom stereocenters. The number of aliphatic hydroxyl groups excluding tert-OH is 1. The highest BCUT2D eigenvalue weighted by atomic mass is 35.5. The number of halogens is 1. The van der Waals surface area contributed by atoms with Gasteiger partial charge in [0.1, 0.15) is 5.75 Å². The van der Waals surface area contributed by atoms with Gasteiger partial charge in [-0.15, -0.1) is 0 Å². The van der Waals surface area contributed by atoms with Crippen LogP contribution in [0.15, 0.2) is 24.3 Å². The summed E-state index contributed by atoms with van der Waals surface area (Å²) in [6, 6.07) is 7.39. The molecule has 1 aromatic carbocycles. The van der Waals surface area contributed by atoms with Gasteiger partial charge < -0.3 is 14.7 Å². The van der Waals surface area contributed by atoms with Crippen LogP contribution in [0.3, 0.4) is 0 Å². The molecule has 4 nitrogen and oxygen atoms in total. The second-order valence-corrected chi connectivity index (χ2v) is 5.79. The average Bonchev–Trinajstić information content (AvgIpc) is 2.95. The molecular weight excluding hydrogens is 290 g/mol. The lowest BCUT2D eigenvalue weighted by molar-refractivity contribution is -0.138. The van der Waals surface area contributed by atoms with E-state index < -0.39 is 6.10 Å². The molecule has 5 heteroatoms. The van der Waals surface area contributed by atoms with Crippen molar-refractivity contribution < 1.29 is 14.6 Å². The number of amides is 1. The molecule has 0 bridgehead atoms. The predicted octanol–water partition coefficient (Wildman–Crippen LogP) is 2.87. The number of aliphatic hydroxyl groups is 1. The van der Waals surface area contributed by atoms with Crippen LogP contribution in [0, 0.1) is 0 Å². The summed E-state index contributed by atoms with van der Waals surface area (Å²) in [7, 11) is 0. The van der Waals surface area contributed by atoms with Crippen molar-refractivity contribution in [3.63, 3.8) is 0 Å². The van der Waals surface area contributed by atoms with Gasteiger partial charge in [-0.25, -0.2) is 0 Å². The summed E-state index contributed by atoms with van der Waals surface area (Å²) < 4.78 is 5.70. The van der Waals surface area contributed by atoms with Crippen molar-refractivity contribution in [3.8, 4) is 5.75 Å². The number of hydrogen-bond acceptors (Lipinski definition) is 3. The number of rotatable bonds is 6. The largest absolute Gasteiger partial charge is 0.479 e. The molecule has 1 aliphatic heterocycles. The number of hydrogen-bond donors (Lipinski definition) is 1. The second kappa shape index (κ2) is 7.66. The lowest BCUT2D eigenvalue weighted by Crippen LogP contribution is -2.43. The van der Waals surface area contributed by atoms with Crippen LogP contribution in [0.2, 0.25) is 5.02 Å². The normalized spacial score (nSPS) is 19.6. The summed E-state index contributed by atoms with van der Waals surface area (Å²) in [6.07, 6.45) is 3.04. The van der Waals surface area contributed by atoms with Crippen molar-refractivity contribution in [1.82, 2.24) is 4.90 Å². The Morgan fingerprint density at radius 1 is 1.52 bits per heavy atom. The van der Waals surface area contributed by atoms with Crippen LogP contribution in [0.25, 0.3) is 0 Å². The van der Waals surface area contributed by atoms with Gasteiger partial charge in [-0.2, -0.15) is 0 Å². The zero-order chi connectivity index (χ0) is 15.2. The van der Waals surface area contributed by atoms with Crippen molar-refractivity contribution in [1.29, 1.82) is 0 Å². The van der Waals surface area contributed by atoms with Crippen LogP contribution in [0.1, 0.15) is 32.6 Å². The first-order valence-corrected chi connectivity index (χ1v) is 7.84. The third-order valence-electron chi connectivity index (χ3n) is 3.84. The third kappa shape index (κ3) is 4.11. The van der Waals surface area contributed by atoms with Gasteiger partial charge in [0.05, 0.1) is 5.02 Å². The second-order valence-electron chi connectivity index (χ2n) is 5.38. The Morgan fingerprint density at radius 3 is 3.00 bits per heavy atom. The van der Waals surface area contributed by atoms with E-state index in [0.29, 0.717) is 10.8 Å². The van der Waals surface area contributed by atoms with Crippen LogP contribution < -0.4 is 4.74 Å². The Bertz CT molecular complexity index is 480. The lowest BCUT2D eigenvalue weighted by atomic mass is 10.1. The zero-order valence-electron chi connectivity index (χ0n) is 12.3. The highest BCUT2D eigenvalue weighted by molar-refractivity contribution is 6.32. The molecule has 0 spiro atoms. The fraction of sp³-hybridized carbons (Fsp3) is 0.562. The minimum atomic E-state index is -0.556. The molecule has 0 radical (unpaired) electrons. The Hall–Kier alpha value is -1.26. The van der Waals surface area contributed by atoms with E-state index in [1.165, 1.54) is 0 Å². The summed E-state index contributed by atoms with van der Waals surface area (Å²) in [5.74, 6) is 0.529. The van der Waals surface area contributed by atoms with Gasteiger partial charge in [-0.1, -0.05) is 23.7 Å². The summed E-state index contributed by atoms with van der Waals surface area (Å²) in [4.78, 5) is 14.4. The van der Waals surface area contributed by atoms with Crippen LogP contribution >= 0.6 is 11.6 Å². The molecule has 1 N–H and O–H groups in total. The van der Waals surface area contributed by atoms with E-state index in [1.807, 2.05) is 17.0 Å². The van der Waals surface area contributed by atoms with Gasteiger partial charge in [0, 0.05) is 19.2 Å². The maximum absolute atomic E-state index is 12.5. The van der Waals surface area contributed by atoms with Crippen LogP contribution in [0.5, 0.6) is 5.75 Å². The van der Waals surface area contributed by atoms with Crippen LogP contribution in [-0.4, -0.2) is 41.2 Å². The molecule has 1 aliphatic rings. The predicted molar refractivity (Wildman–Crippen MR) is 82.6 cm³/mol. The van der Waals surface area contributed by atoms with Crippen molar-refractivity contribution in [2.75, 3.05) is 13.2 Å². The Morgan fingerprint density at radius 2 is 2.29 bits per heavy atom. The number of likely N-dealkylation sites (tertiary alicyclic amines) is 1. The fourth-order valence-corrected chi connectivity index (χ4v) is 2.95. The lowest BCUT2D eigenvalue weighted by Gasteiger charge is -2.27. The molecule has 0 saturated carbocycles. The molecule has 21 heavy (non-hydrogen) atoms. The number of nitrogens with zero attached hydrogens (tertiary/aromatic N) is 1. The van der Waals surface area contributed by atoms with E-state index in [9.17, 15) is 4.79 Å². The van der Waals surface area contributed by atoms with Crippen molar-refractivity contribution >= 4 is 17.5 Å². The number of ether oxygens (including phenoxy) is 1. The fourth-order valence-electron chi connectivity index (χ4n) is 2.77. The quantitative estimate of drug-likeness (QED) is 0.879. The Kier molecular flexibility index (Phi) is 5.88. The van der Waals surface area contributed by atoms with Gasteiger partial charge >= 0.3 is 0 Å². The maximum Gasteiger partial charge on any atom is 0.263 e. The van der Waals surface area contributed by atoms with Gasteiger partial charge in [0.15, 0.2) is 6.10 Å². The van der Waals surface area contributed by atoms with E-state index in [4.69, 9.17) is 21.4 Å². The molecule has 1 aromatic rings. The molecule has 0 aromatic heterocycles. The maximum atomic E-state index is 12.5. The number of carbonyl (C=O) groups is 1. The third-order valence-corrected chi connectivity index (χ3v) is 4.16. The van der Waals surface area contributed by atoms with Crippen molar-refractivity contribution in [3.05, 3.63) is 29.3 Å². The van der Waals surface area contributed by atoms with E-state index in [0.717, 1.165) is 32.2 Å². The smallest absolute Gasteiger partial charge is 0.263 e. The van der Waals surface area contributed by atoms with Crippen molar-refractivity contribution in [2.45, 2.75) is 44.8 Å². The van der Waals surface area contributed by atoms with E-state index >= 15 is 0 Å². The topological polar surface area (TPSA) is 49.8 Å². The van der Waals surface area contributed by atoms with Gasteiger partial charge in [-0.3, -0.25) is 4.79 Å². The number of carbonyl (C=O) groups excluding carboxylic acids is 1. The molecule has 1 fully saturated rings. The molecule has 2 unspecified atom stereocenters. The summed E-state index contributed by atoms with van der Waals surface area (Å²) in [6.45, 7) is 2.70. The highest BCUT2D eigenvalue weighted by Gasteiger charge is 2.31. The minimum absolute atomic E-state index is 0.00430.